The maximum atomic E-state index is 10.7. The molecule has 0 bridgehead atoms. The highest BCUT2D eigenvalue weighted by molar-refractivity contribution is 7.99. The van der Waals surface area contributed by atoms with E-state index in [9.17, 15) is 4.79 Å². The number of rotatable bonds is 3. The van der Waals surface area contributed by atoms with Gasteiger partial charge in [-0.2, -0.15) is 0 Å². The molecule has 0 atom stereocenters. The predicted molar refractivity (Wildman–Crippen MR) is 51.4 cm³/mol. The molecule has 1 amide bonds. The van der Waals surface area contributed by atoms with Crippen molar-refractivity contribution in [3.63, 3.8) is 0 Å². The van der Waals surface area contributed by atoms with Gasteiger partial charge in [-0.1, -0.05) is 18.7 Å². The van der Waals surface area contributed by atoms with E-state index < -0.39 is 5.91 Å². The summed E-state index contributed by atoms with van der Waals surface area (Å²) in [4.78, 5) is 18.6. The summed E-state index contributed by atoms with van der Waals surface area (Å²) >= 11 is 1.46. The molecule has 1 heterocycles. The second-order valence-corrected chi connectivity index (χ2v) is 3.48. The number of primary amides is 1. The van der Waals surface area contributed by atoms with Crippen molar-refractivity contribution in [2.45, 2.75) is 12.1 Å². The Morgan fingerprint density at radius 3 is 2.85 bits per heavy atom. The Labute approximate surface area is 79.9 Å². The standard InChI is InChI=1S/C7H10N4OS/c1-2-13-7-10-3-4(6(9)12)5(8)11-7/h3H,2H2,1H3,(H2,9,12)(H2,8,10,11). The molecule has 5 nitrogen and oxygen atoms in total. The normalized spacial score (nSPS) is 9.92. The Morgan fingerprint density at radius 1 is 1.69 bits per heavy atom. The third-order valence-corrected chi connectivity index (χ3v) is 2.08. The molecule has 0 fully saturated rings. The number of anilines is 1. The van der Waals surface area contributed by atoms with Gasteiger partial charge in [0.25, 0.3) is 5.91 Å². The molecule has 6 heteroatoms. The molecule has 0 saturated heterocycles. The van der Waals surface area contributed by atoms with Gasteiger partial charge in [0.15, 0.2) is 5.16 Å². The summed E-state index contributed by atoms with van der Waals surface area (Å²) in [5.41, 5.74) is 10.7. The number of hydrogen-bond acceptors (Lipinski definition) is 5. The largest absolute Gasteiger partial charge is 0.383 e. The minimum absolute atomic E-state index is 0.137. The van der Waals surface area contributed by atoms with Gasteiger partial charge in [-0.05, 0) is 5.75 Å². The second kappa shape index (κ2) is 4.08. The number of aromatic nitrogens is 2. The lowest BCUT2D eigenvalue weighted by Crippen LogP contribution is -2.15. The van der Waals surface area contributed by atoms with Gasteiger partial charge in [-0.15, -0.1) is 0 Å². The summed E-state index contributed by atoms with van der Waals surface area (Å²) in [7, 11) is 0. The predicted octanol–water partition coefficient (Wildman–Crippen LogP) is 0.270. The average Bonchev–Trinajstić information content (AvgIpc) is 2.04. The fourth-order valence-corrected chi connectivity index (χ4v) is 1.31. The number of nitrogens with zero attached hydrogens (tertiary/aromatic N) is 2. The zero-order valence-corrected chi connectivity index (χ0v) is 7.97. The van der Waals surface area contributed by atoms with Gasteiger partial charge in [0.1, 0.15) is 5.82 Å². The molecule has 0 aliphatic heterocycles. The molecule has 0 spiro atoms. The lowest BCUT2D eigenvalue weighted by atomic mass is 10.3. The van der Waals surface area contributed by atoms with E-state index in [0.29, 0.717) is 5.16 Å². The van der Waals surface area contributed by atoms with Gasteiger partial charge in [0, 0.05) is 6.20 Å². The smallest absolute Gasteiger partial charge is 0.254 e. The highest BCUT2D eigenvalue weighted by Gasteiger charge is 2.08. The van der Waals surface area contributed by atoms with Crippen LogP contribution in [0.25, 0.3) is 0 Å². The minimum atomic E-state index is -0.606. The Hall–Kier alpha value is -1.30. The van der Waals surface area contributed by atoms with E-state index >= 15 is 0 Å². The van der Waals surface area contributed by atoms with Gasteiger partial charge in [0.05, 0.1) is 5.56 Å². The van der Waals surface area contributed by atoms with Crippen molar-refractivity contribution in [1.82, 2.24) is 9.97 Å². The van der Waals surface area contributed by atoms with Crippen molar-refractivity contribution in [2.75, 3.05) is 11.5 Å². The van der Waals surface area contributed by atoms with Crippen molar-refractivity contribution >= 4 is 23.5 Å². The summed E-state index contributed by atoms with van der Waals surface area (Å²) in [5, 5.41) is 0.560. The first-order valence-electron chi connectivity index (χ1n) is 3.70. The molecule has 4 N–H and O–H groups in total. The van der Waals surface area contributed by atoms with Gasteiger partial charge in [-0.25, -0.2) is 9.97 Å². The summed E-state index contributed by atoms with van der Waals surface area (Å²) in [6.07, 6.45) is 1.35. The van der Waals surface area contributed by atoms with E-state index in [1.54, 1.807) is 0 Å². The Bertz CT molecular complexity index is 328. The maximum absolute atomic E-state index is 10.7. The molecule has 0 aliphatic carbocycles. The maximum Gasteiger partial charge on any atom is 0.254 e. The second-order valence-electron chi connectivity index (χ2n) is 2.25. The molecule has 1 aromatic rings. The molecule has 0 saturated carbocycles. The van der Waals surface area contributed by atoms with E-state index in [-0.39, 0.29) is 11.4 Å². The lowest BCUT2D eigenvalue weighted by Gasteiger charge is -2.01. The summed E-state index contributed by atoms with van der Waals surface area (Å²) < 4.78 is 0. The molecule has 1 rings (SSSR count). The highest BCUT2D eigenvalue weighted by atomic mass is 32.2. The van der Waals surface area contributed by atoms with Gasteiger partial charge >= 0.3 is 0 Å². The van der Waals surface area contributed by atoms with Crippen LogP contribution in [0.1, 0.15) is 17.3 Å². The van der Waals surface area contributed by atoms with Crippen LogP contribution in [0.15, 0.2) is 11.4 Å². The van der Waals surface area contributed by atoms with Crippen molar-refractivity contribution in [3.8, 4) is 0 Å². The zero-order chi connectivity index (χ0) is 9.84. The third-order valence-electron chi connectivity index (χ3n) is 1.34. The number of nitrogen functional groups attached to an aromatic ring is 1. The van der Waals surface area contributed by atoms with Crippen LogP contribution in [0.3, 0.4) is 0 Å². The number of thioether (sulfide) groups is 1. The first-order chi connectivity index (χ1) is 6.15. The molecular formula is C7H10N4OS. The highest BCUT2D eigenvalue weighted by Crippen LogP contribution is 2.14. The Kier molecular flexibility index (Phi) is 3.07. The fraction of sp³-hybridized carbons (Fsp3) is 0.286. The first kappa shape index (κ1) is 9.79. The van der Waals surface area contributed by atoms with Crippen LogP contribution < -0.4 is 11.5 Å². The van der Waals surface area contributed by atoms with E-state index in [4.69, 9.17) is 11.5 Å². The molecule has 0 aromatic carbocycles. The number of amides is 1. The van der Waals surface area contributed by atoms with Crippen LogP contribution in [-0.4, -0.2) is 21.6 Å². The van der Waals surface area contributed by atoms with Crippen LogP contribution in [0.4, 0.5) is 5.82 Å². The van der Waals surface area contributed by atoms with Crippen molar-refractivity contribution in [2.24, 2.45) is 5.73 Å². The van der Waals surface area contributed by atoms with Gasteiger partial charge in [-0.3, -0.25) is 4.79 Å². The van der Waals surface area contributed by atoms with E-state index in [0.717, 1.165) is 5.75 Å². The fourth-order valence-electron chi connectivity index (χ4n) is 0.767. The molecule has 0 aliphatic rings. The number of carbonyl (C=O) groups is 1. The van der Waals surface area contributed by atoms with Crippen LogP contribution >= 0.6 is 11.8 Å². The minimum Gasteiger partial charge on any atom is -0.383 e. The molecule has 0 unspecified atom stereocenters. The van der Waals surface area contributed by atoms with Crippen molar-refractivity contribution < 1.29 is 4.79 Å². The van der Waals surface area contributed by atoms with Crippen molar-refractivity contribution in [1.29, 1.82) is 0 Å². The lowest BCUT2D eigenvalue weighted by molar-refractivity contribution is 0.100. The third kappa shape index (κ3) is 2.32. The first-order valence-corrected chi connectivity index (χ1v) is 4.68. The summed E-state index contributed by atoms with van der Waals surface area (Å²) in [6, 6.07) is 0. The number of nitrogens with two attached hydrogens (primary N) is 2. The molecule has 70 valence electrons. The van der Waals surface area contributed by atoms with Gasteiger partial charge < -0.3 is 11.5 Å². The van der Waals surface area contributed by atoms with Gasteiger partial charge in [0.2, 0.25) is 0 Å². The molecule has 13 heavy (non-hydrogen) atoms. The van der Waals surface area contributed by atoms with Crippen LogP contribution in [0.5, 0.6) is 0 Å². The molecule has 1 aromatic heterocycles. The SMILES string of the molecule is CCSc1ncc(C(N)=O)c(N)n1. The van der Waals surface area contributed by atoms with Crippen LogP contribution in [-0.2, 0) is 0 Å². The number of carbonyl (C=O) groups excluding carboxylic acids is 1. The summed E-state index contributed by atoms with van der Waals surface area (Å²) in [6.45, 7) is 1.98. The average molecular weight is 198 g/mol. The topological polar surface area (TPSA) is 94.9 Å². The zero-order valence-electron chi connectivity index (χ0n) is 7.15. The molecular weight excluding hydrogens is 188 g/mol. The van der Waals surface area contributed by atoms with Crippen LogP contribution in [0, 0.1) is 0 Å². The van der Waals surface area contributed by atoms with Crippen molar-refractivity contribution in [3.05, 3.63) is 11.8 Å². The monoisotopic (exact) mass is 198 g/mol. The number of hydrogen-bond donors (Lipinski definition) is 2. The Balaban J connectivity index is 2.98. The molecule has 0 radical (unpaired) electrons. The quantitative estimate of drug-likeness (QED) is 0.537. The van der Waals surface area contributed by atoms with Crippen LogP contribution in [0.2, 0.25) is 0 Å². The summed E-state index contributed by atoms with van der Waals surface area (Å²) in [5.74, 6) is 0.388. The van der Waals surface area contributed by atoms with E-state index in [1.807, 2.05) is 6.92 Å². The van der Waals surface area contributed by atoms with E-state index in [2.05, 4.69) is 9.97 Å². The van der Waals surface area contributed by atoms with E-state index in [1.165, 1.54) is 18.0 Å². The Morgan fingerprint density at radius 2 is 2.38 bits per heavy atom.